The summed E-state index contributed by atoms with van der Waals surface area (Å²) >= 11 is 0. The molecule has 1 radical (unpaired) electrons. The molecule has 0 aromatic rings. The quantitative estimate of drug-likeness (QED) is 0.641. The van der Waals surface area contributed by atoms with Crippen molar-refractivity contribution in [3.63, 3.8) is 0 Å². The van der Waals surface area contributed by atoms with Crippen LogP contribution in [0.3, 0.4) is 0 Å². The minimum atomic E-state index is 0.661. The van der Waals surface area contributed by atoms with Crippen LogP contribution in [-0.2, 0) is 0 Å². The molecule has 2 unspecified atom stereocenters. The lowest BCUT2D eigenvalue weighted by atomic mass is 9.70. The SMILES string of the molecule is C=C(C)[CH]CC[C@]1(C)C2C[C@@H]3[C@H](C2)C31C. The average Bonchev–Trinajstić information content (AvgIpc) is 2.53. The molecule has 4 saturated carbocycles. The van der Waals surface area contributed by atoms with Crippen LogP contribution < -0.4 is 0 Å². The minimum Gasteiger partial charge on any atom is -0.0998 e. The summed E-state index contributed by atoms with van der Waals surface area (Å²) in [6, 6.07) is 0. The van der Waals surface area contributed by atoms with Crippen molar-refractivity contribution < 1.29 is 0 Å². The van der Waals surface area contributed by atoms with Crippen molar-refractivity contribution in [2.24, 2.45) is 28.6 Å². The van der Waals surface area contributed by atoms with Crippen LogP contribution in [0.15, 0.2) is 12.2 Å². The Morgan fingerprint density at radius 1 is 1.33 bits per heavy atom. The first-order chi connectivity index (χ1) is 7.00. The van der Waals surface area contributed by atoms with Gasteiger partial charge in [-0.3, -0.25) is 0 Å². The van der Waals surface area contributed by atoms with E-state index in [1.54, 1.807) is 12.8 Å². The summed E-state index contributed by atoms with van der Waals surface area (Å²) in [5.74, 6) is 3.27. The second-order valence-corrected chi connectivity index (χ2v) is 6.67. The van der Waals surface area contributed by atoms with Crippen molar-refractivity contribution in [1.29, 1.82) is 0 Å². The van der Waals surface area contributed by atoms with E-state index in [0.717, 1.165) is 23.2 Å². The van der Waals surface area contributed by atoms with E-state index in [1.807, 2.05) is 0 Å². The second-order valence-electron chi connectivity index (χ2n) is 6.67. The van der Waals surface area contributed by atoms with Crippen LogP contribution in [0.4, 0.5) is 0 Å². The lowest BCUT2D eigenvalue weighted by molar-refractivity contribution is 0.153. The molecule has 4 aliphatic carbocycles. The third-order valence-corrected chi connectivity index (χ3v) is 6.28. The topological polar surface area (TPSA) is 0 Å². The largest absolute Gasteiger partial charge is 0.0998 e. The van der Waals surface area contributed by atoms with Crippen LogP contribution in [0, 0.1) is 35.0 Å². The van der Waals surface area contributed by atoms with Crippen molar-refractivity contribution >= 4 is 0 Å². The van der Waals surface area contributed by atoms with Gasteiger partial charge in [-0.1, -0.05) is 26.0 Å². The van der Waals surface area contributed by atoms with E-state index >= 15 is 0 Å². The third-order valence-electron chi connectivity index (χ3n) is 6.28. The van der Waals surface area contributed by atoms with Crippen molar-refractivity contribution in [1.82, 2.24) is 0 Å². The molecular formula is C15H23. The summed E-state index contributed by atoms with van der Waals surface area (Å²) < 4.78 is 0. The molecule has 4 rings (SSSR count). The van der Waals surface area contributed by atoms with E-state index in [1.165, 1.54) is 18.4 Å². The molecule has 4 bridgehead atoms. The fourth-order valence-corrected chi connectivity index (χ4v) is 5.12. The van der Waals surface area contributed by atoms with Gasteiger partial charge in [0.1, 0.15) is 0 Å². The highest BCUT2D eigenvalue weighted by Crippen LogP contribution is 2.87. The molecule has 0 amide bonds. The molecule has 0 heteroatoms. The Morgan fingerprint density at radius 2 is 1.93 bits per heavy atom. The smallest absolute Gasteiger partial charge is 0.0143 e. The summed E-state index contributed by atoms with van der Waals surface area (Å²) in [4.78, 5) is 0. The summed E-state index contributed by atoms with van der Waals surface area (Å²) in [6.07, 6.45) is 8.06. The van der Waals surface area contributed by atoms with Crippen LogP contribution >= 0.6 is 0 Å². The van der Waals surface area contributed by atoms with Crippen molar-refractivity contribution in [2.75, 3.05) is 0 Å². The van der Waals surface area contributed by atoms with Gasteiger partial charge >= 0.3 is 0 Å². The Morgan fingerprint density at radius 3 is 2.33 bits per heavy atom. The number of hydrogen-bond donors (Lipinski definition) is 0. The molecular weight excluding hydrogens is 180 g/mol. The number of rotatable bonds is 4. The molecule has 15 heavy (non-hydrogen) atoms. The lowest BCUT2D eigenvalue weighted by Gasteiger charge is -2.34. The fraction of sp³-hybridized carbons (Fsp3) is 0.800. The maximum absolute atomic E-state index is 3.96. The Bertz CT molecular complexity index is 302. The highest BCUT2D eigenvalue weighted by Gasteiger charge is 2.80. The number of hydrogen-bond acceptors (Lipinski definition) is 0. The standard InChI is InChI=1S/C15H23/c1-10(2)6-5-7-14(3)11-8-12-13(9-11)15(12,14)4/h6,11-13H,1,5,7-9H2,2-4H3/t11?,12-,13+,14-,15?/m1/s1. The molecule has 0 aliphatic heterocycles. The molecule has 0 nitrogen and oxygen atoms in total. The molecule has 4 fully saturated rings. The van der Waals surface area contributed by atoms with E-state index in [4.69, 9.17) is 0 Å². The van der Waals surface area contributed by atoms with Gasteiger partial charge in [0.2, 0.25) is 0 Å². The maximum atomic E-state index is 3.96. The first kappa shape index (κ1) is 9.93. The van der Waals surface area contributed by atoms with E-state index in [0.29, 0.717) is 5.41 Å². The highest BCUT2D eigenvalue weighted by atomic mass is 14.8. The molecule has 0 saturated heterocycles. The van der Waals surface area contributed by atoms with Crippen molar-refractivity contribution in [3.8, 4) is 0 Å². The van der Waals surface area contributed by atoms with E-state index in [9.17, 15) is 0 Å². The molecule has 0 spiro atoms. The van der Waals surface area contributed by atoms with Gasteiger partial charge in [0.25, 0.3) is 0 Å². The van der Waals surface area contributed by atoms with Crippen LogP contribution in [0.25, 0.3) is 0 Å². The van der Waals surface area contributed by atoms with Gasteiger partial charge in [-0.05, 0) is 67.6 Å². The van der Waals surface area contributed by atoms with Crippen LogP contribution in [0.5, 0.6) is 0 Å². The van der Waals surface area contributed by atoms with Crippen molar-refractivity contribution in [2.45, 2.75) is 46.5 Å². The summed E-state index contributed by atoms with van der Waals surface area (Å²) in [5.41, 5.74) is 2.64. The lowest BCUT2D eigenvalue weighted by Crippen LogP contribution is -2.27. The molecule has 83 valence electrons. The second kappa shape index (κ2) is 2.70. The van der Waals surface area contributed by atoms with Gasteiger partial charge in [0.05, 0.1) is 0 Å². The van der Waals surface area contributed by atoms with E-state index in [-0.39, 0.29) is 0 Å². The third kappa shape index (κ3) is 0.990. The molecule has 5 atom stereocenters. The highest BCUT2D eigenvalue weighted by molar-refractivity contribution is 5.29. The Labute approximate surface area is 94.1 Å². The van der Waals surface area contributed by atoms with Crippen molar-refractivity contribution in [3.05, 3.63) is 18.6 Å². The van der Waals surface area contributed by atoms with Gasteiger partial charge in [0, 0.05) is 0 Å². The number of allylic oxidation sites excluding steroid dienone is 1. The summed E-state index contributed by atoms with van der Waals surface area (Å²) in [5, 5.41) is 0. The van der Waals surface area contributed by atoms with Gasteiger partial charge in [-0.15, -0.1) is 0 Å². The van der Waals surface area contributed by atoms with Gasteiger partial charge in [0.15, 0.2) is 0 Å². The fourth-order valence-electron chi connectivity index (χ4n) is 5.12. The predicted molar refractivity (Wildman–Crippen MR) is 64.3 cm³/mol. The monoisotopic (exact) mass is 203 g/mol. The Balaban J connectivity index is 1.68. The van der Waals surface area contributed by atoms with Gasteiger partial charge in [-0.25, -0.2) is 0 Å². The first-order valence-corrected chi connectivity index (χ1v) is 6.49. The maximum Gasteiger partial charge on any atom is -0.0143 e. The zero-order chi connectivity index (χ0) is 10.8. The zero-order valence-corrected chi connectivity index (χ0v) is 10.3. The summed E-state index contributed by atoms with van der Waals surface area (Å²) in [7, 11) is 0. The molecule has 4 aliphatic rings. The molecule has 0 heterocycles. The van der Waals surface area contributed by atoms with Gasteiger partial charge in [-0.2, -0.15) is 0 Å². The van der Waals surface area contributed by atoms with E-state index < -0.39 is 0 Å². The van der Waals surface area contributed by atoms with Gasteiger partial charge < -0.3 is 0 Å². The predicted octanol–water partition coefficient (Wildman–Crippen LogP) is 4.23. The molecule has 0 aromatic heterocycles. The summed E-state index contributed by atoms with van der Waals surface area (Å²) in [6.45, 7) is 11.2. The average molecular weight is 203 g/mol. The first-order valence-electron chi connectivity index (χ1n) is 6.49. The zero-order valence-electron chi connectivity index (χ0n) is 10.3. The van der Waals surface area contributed by atoms with Crippen LogP contribution in [0.1, 0.15) is 46.5 Å². The minimum absolute atomic E-state index is 0.661. The molecule has 0 aromatic carbocycles. The van der Waals surface area contributed by atoms with Crippen LogP contribution in [0.2, 0.25) is 0 Å². The van der Waals surface area contributed by atoms with E-state index in [2.05, 4.69) is 33.8 Å². The Hall–Kier alpha value is -0.260. The molecule has 0 N–H and O–H groups in total. The Kier molecular flexibility index (Phi) is 1.79. The van der Waals surface area contributed by atoms with Crippen LogP contribution in [-0.4, -0.2) is 0 Å². The normalized spacial score (nSPS) is 54.7.